The summed E-state index contributed by atoms with van der Waals surface area (Å²) in [7, 11) is 0. The lowest BCUT2D eigenvalue weighted by molar-refractivity contribution is 0.0911. The Hall–Kier alpha value is -2.61. The number of thiazole rings is 1. The minimum absolute atomic E-state index is 0.0691. The number of hydrogen-bond donors (Lipinski definition) is 3. The van der Waals surface area contributed by atoms with Crippen molar-refractivity contribution >= 4 is 23.3 Å². The minimum atomic E-state index is -0.205. The quantitative estimate of drug-likeness (QED) is 0.483. The Morgan fingerprint density at radius 2 is 1.78 bits per heavy atom. The summed E-state index contributed by atoms with van der Waals surface area (Å²) in [5.74, 6) is 0.598. The van der Waals surface area contributed by atoms with Gasteiger partial charge in [-0.3, -0.25) is 4.79 Å². The molecule has 32 heavy (non-hydrogen) atoms. The van der Waals surface area contributed by atoms with Crippen LogP contribution in [-0.4, -0.2) is 35.6 Å². The first-order valence-corrected chi connectivity index (χ1v) is 12.3. The summed E-state index contributed by atoms with van der Waals surface area (Å²) in [6.45, 7) is 7.15. The normalized spacial score (nSPS) is 18.1. The number of aryl methyl sites for hydroxylation is 2. The van der Waals surface area contributed by atoms with E-state index >= 15 is 0 Å². The first kappa shape index (κ1) is 24.0. The molecule has 7 nitrogen and oxygen atoms in total. The Morgan fingerprint density at radius 1 is 1.09 bits per heavy atom. The van der Waals surface area contributed by atoms with Crippen molar-refractivity contribution in [2.45, 2.75) is 78.0 Å². The van der Waals surface area contributed by atoms with Gasteiger partial charge in [-0.25, -0.2) is 9.78 Å². The highest BCUT2D eigenvalue weighted by atomic mass is 32.1. The van der Waals surface area contributed by atoms with Crippen LogP contribution in [0.1, 0.15) is 72.1 Å². The van der Waals surface area contributed by atoms with Crippen LogP contribution in [0.2, 0.25) is 0 Å². The lowest BCUT2D eigenvalue weighted by Crippen LogP contribution is -2.55. The molecule has 3 amide bonds. The molecular formula is C24H34N4O3S. The Bertz CT molecular complexity index is 894. The zero-order valence-electron chi connectivity index (χ0n) is 19.2. The number of carbonyl (C=O) groups excluding carboxylic acids is 2. The zero-order valence-corrected chi connectivity index (χ0v) is 20.0. The fourth-order valence-electron chi connectivity index (χ4n) is 3.96. The SMILES string of the molecule is CCCCNC(=O)N[C@@H]1CCCC[C@@H]1NC(=O)c1csc(COc2cc(C)cc(C)c2)n1. The van der Waals surface area contributed by atoms with E-state index in [1.165, 1.54) is 11.3 Å². The van der Waals surface area contributed by atoms with Gasteiger partial charge in [0.05, 0.1) is 6.04 Å². The van der Waals surface area contributed by atoms with Crippen molar-refractivity contribution in [3.63, 3.8) is 0 Å². The van der Waals surface area contributed by atoms with Gasteiger partial charge >= 0.3 is 6.03 Å². The summed E-state index contributed by atoms with van der Waals surface area (Å²) in [6.07, 6.45) is 5.78. The summed E-state index contributed by atoms with van der Waals surface area (Å²) in [5, 5.41) is 11.5. The summed E-state index contributed by atoms with van der Waals surface area (Å²) >= 11 is 1.41. The monoisotopic (exact) mass is 458 g/mol. The number of urea groups is 1. The van der Waals surface area contributed by atoms with Crippen molar-refractivity contribution in [3.05, 3.63) is 45.4 Å². The second kappa shape index (κ2) is 11.9. The van der Waals surface area contributed by atoms with Gasteiger partial charge in [0.15, 0.2) is 0 Å². The van der Waals surface area contributed by atoms with Gasteiger partial charge in [-0.15, -0.1) is 11.3 Å². The molecule has 1 fully saturated rings. The van der Waals surface area contributed by atoms with Crippen molar-refractivity contribution < 1.29 is 14.3 Å². The molecule has 8 heteroatoms. The Morgan fingerprint density at radius 3 is 2.47 bits per heavy atom. The number of hydrogen-bond acceptors (Lipinski definition) is 5. The van der Waals surface area contributed by atoms with Gasteiger partial charge in [0.1, 0.15) is 23.1 Å². The van der Waals surface area contributed by atoms with Gasteiger partial charge in [0, 0.05) is 18.0 Å². The summed E-state index contributed by atoms with van der Waals surface area (Å²) in [4.78, 5) is 29.4. The molecule has 1 aliphatic carbocycles. The molecule has 3 N–H and O–H groups in total. The number of aromatic nitrogens is 1. The van der Waals surface area contributed by atoms with E-state index in [9.17, 15) is 9.59 Å². The van der Waals surface area contributed by atoms with Crippen molar-refractivity contribution in [2.24, 2.45) is 0 Å². The average Bonchev–Trinajstić information content (AvgIpc) is 3.22. The molecule has 1 aliphatic rings. The van der Waals surface area contributed by atoms with Crippen LogP contribution in [-0.2, 0) is 6.61 Å². The fourth-order valence-corrected chi connectivity index (χ4v) is 4.65. The van der Waals surface area contributed by atoms with Gasteiger partial charge < -0.3 is 20.7 Å². The second-order valence-electron chi connectivity index (χ2n) is 8.46. The van der Waals surface area contributed by atoms with E-state index in [2.05, 4.69) is 33.9 Å². The summed E-state index contributed by atoms with van der Waals surface area (Å²) in [6, 6.07) is 5.75. The molecule has 0 spiro atoms. The maximum atomic E-state index is 12.8. The lowest BCUT2D eigenvalue weighted by atomic mass is 9.90. The van der Waals surface area contributed by atoms with E-state index in [0.29, 0.717) is 18.8 Å². The standard InChI is InChI=1S/C24H34N4O3S/c1-4-5-10-25-24(30)28-20-9-7-6-8-19(20)27-23(29)21-15-32-22(26-21)14-31-18-12-16(2)11-17(3)13-18/h11-13,15,19-20H,4-10,14H2,1-3H3,(H,27,29)(H2,25,28,30)/t19-,20+/m0/s1. The summed E-state index contributed by atoms with van der Waals surface area (Å²) in [5.41, 5.74) is 2.69. The predicted octanol–water partition coefficient (Wildman–Crippen LogP) is 4.48. The molecule has 0 saturated heterocycles. The van der Waals surface area contributed by atoms with E-state index in [1.807, 2.05) is 26.0 Å². The Balaban J connectivity index is 1.52. The zero-order chi connectivity index (χ0) is 22.9. The molecule has 3 rings (SSSR count). The summed E-state index contributed by atoms with van der Waals surface area (Å²) < 4.78 is 5.86. The third-order valence-electron chi connectivity index (χ3n) is 5.56. The van der Waals surface area contributed by atoms with Crippen LogP contribution in [0.25, 0.3) is 0 Å². The van der Waals surface area contributed by atoms with Gasteiger partial charge in [-0.2, -0.15) is 0 Å². The van der Waals surface area contributed by atoms with E-state index in [-0.39, 0.29) is 24.0 Å². The molecule has 0 bridgehead atoms. The van der Waals surface area contributed by atoms with E-state index in [1.54, 1.807) is 5.38 Å². The molecule has 0 unspecified atom stereocenters. The molecule has 0 aliphatic heterocycles. The largest absolute Gasteiger partial charge is 0.486 e. The van der Waals surface area contributed by atoms with Crippen LogP contribution in [0.4, 0.5) is 4.79 Å². The molecule has 1 aromatic carbocycles. The first-order valence-electron chi connectivity index (χ1n) is 11.5. The highest BCUT2D eigenvalue weighted by Crippen LogP contribution is 2.21. The molecule has 1 heterocycles. The lowest BCUT2D eigenvalue weighted by Gasteiger charge is -2.32. The Kier molecular flexibility index (Phi) is 8.90. The third-order valence-corrected chi connectivity index (χ3v) is 6.38. The number of benzene rings is 1. The Labute approximate surface area is 194 Å². The van der Waals surface area contributed by atoms with Crippen LogP contribution in [0, 0.1) is 13.8 Å². The highest BCUT2D eigenvalue weighted by Gasteiger charge is 2.28. The molecule has 1 aromatic heterocycles. The smallest absolute Gasteiger partial charge is 0.315 e. The van der Waals surface area contributed by atoms with Crippen LogP contribution < -0.4 is 20.7 Å². The molecule has 0 radical (unpaired) electrons. The van der Waals surface area contributed by atoms with Crippen LogP contribution in [0.15, 0.2) is 23.6 Å². The van der Waals surface area contributed by atoms with Crippen LogP contribution in [0.3, 0.4) is 0 Å². The van der Waals surface area contributed by atoms with Gasteiger partial charge in [-0.1, -0.05) is 32.3 Å². The van der Waals surface area contributed by atoms with Crippen molar-refractivity contribution in [3.8, 4) is 5.75 Å². The van der Waals surface area contributed by atoms with Crippen molar-refractivity contribution in [1.29, 1.82) is 0 Å². The highest BCUT2D eigenvalue weighted by molar-refractivity contribution is 7.09. The number of amides is 3. The molecule has 174 valence electrons. The molecule has 2 aromatic rings. The average molecular weight is 459 g/mol. The van der Waals surface area contributed by atoms with E-state index < -0.39 is 0 Å². The first-order chi connectivity index (χ1) is 15.4. The maximum Gasteiger partial charge on any atom is 0.315 e. The predicted molar refractivity (Wildman–Crippen MR) is 127 cm³/mol. The number of unbranched alkanes of at least 4 members (excludes halogenated alkanes) is 1. The fraction of sp³-hybridized carbons (Fsp3) is 0.542. The van der Waals surface area contributed by atoms with Crippen LogP contribution >= 0.6 is 11.3 Å². The van der Waals surface area contributed by atoms with Gasteiger partial charge in [0.25, 0.3) is 5.91 Å². The number of ether oxygens (including phenoxy) is 1. The van der Waals surface area contributed by atoms with E-state index in [0.717, 1.165) is 60.4 Å². The van der Waals surface area contributed by atoms with E-state index in [4.69, 9.17) is 4.74 Å². The number of nitrogens with zero attached hydrogens (tertiary/aromatic N) is 1. The molecule has 2 atom stereocenters. The minimum Gasteiger partial charge on any atom is -0.486 e. The van der Waals surface area contributed by atoms with Crippen molar-refractivity contribution in [2.75, 3.05) is 6.54 Å². The van der Waals surface area contributed by atoms with Crippen molar-refractivity contribution in [1.82, 2.24) is 20.9 Å². The number of rotatable bonds is 9. The second-order valence-corrected chi connectivity index (χ2v) is 9.41. The number of nitrogens with one attached hydrogen (secondary N) is 3. The van der Waals surface area contributed by atoms with Gasteiger partial charge in [0.2, 0.25) is 0 Å². The topological polar surface area (TPSA) is 92.4 Å². The van der Waals surface area contributed by atoms with Gasteiger partial charge in [-0.05, 0) is 56.4 Å². The maximum absolute atomic E-state index is 12.8. The molecular weight excluding hydrogens is 424 g/mol. The molecule has 1 saturated carbocycles. The third kappa shape index (κ3) is 7.22. The van der Waals surface area contributed by atoms with Crippen LogP contribution in [0.5, 0.6) is 5.75 Å². The number of carbonyl (C=O) groups is 2.